The Hall–Kier alpha value is -2.81. The van der Waals surface area contributed by atoms with E-state index in [0.29, 0.717) is 0 Å². The third-order valence-corrected chi connectivity index (χ3v) is 5.24. The number of hydrogen-bond acceptors (Lipinski definition) is 2. The zero-order valence-electron chi connectivity index (χ0n) is 15.8. The zero-order valence-corrected chi connectivity index (χ0v) is 15.8. The van der Waals surface area contributed by atoms with Crippen molar-refractivity contribution in [2.45, 2.75) is 38.8 Å². The summed E-state index contributed by atoms with van der Waals surface area (Å²) in [6.45, 7) is 2.48. The van der Waals surface area contributed by atoms with Crippen LogP contribution in [0.4, 0.5) is 4.79 Å². The van der Waals surface area contributed by atoms with Crippen molar-refractivity contribution in [2.75, 3.05) is 0 Å². The number of nitrogens with one attached hydrogen (secondary N) is 1. The largest absolute Gasteiger partial charge is 0.445 e. The lowest BCUT2D eigenvalue weighted by atomic mass is 9.73. The van der Waals surface area contributed by atoms with Crippen LogP contribution in [0.25, 0.3) is 0 Å². The van der Waals surface area contributed by atoms with Crippen LogP contribution in [0.1, 0.15) is 43.4 Å². The standard InChI is InChI=1S/C24H27NO2/c1-2-24(16-10-5-11-17-24)18-22(21-14-8-4-9-15-21)25-23(26)27-19-20-12-6-3-7-13-20/h3-16,22H,2,17-19H2,1H3,(H,25,26). The Bertz CT molecular complexity index is 783. The molecular formula is C24H27NO2. The van der Waals surface area contributed by atoms with Crippen LogP contribution in [0, 0.1) is 5.41 Å². The van der Waals surface area contributed by atoms with Crippen LogP contribution in [0.5, 0.6) is 0 Å². The third-order valence-electron chi connectivity index (χ3n) is 5.24. The molecule has 1 aliphatic carbocycles. The van der Waals surface area contributed by atoms with E-state index < -0.39 is 0 Å². The normalized spacial score (nSPS) is 19.4. The van der Waals surface area contributed by atoms with E-state index in [1.807, 2.05) is 48.5 Å². The van der Waals surface area contributed by atoms with Crippen molar-refractivity contribution < 1.29 is 9.53 Å². The van der Waals surface area contributed by atoms with E-state index in [4.69, 9.17) is 4.74 Å². The highest BCUT2D eigenvalue weighted by Crippen LogP contribution is 2.40. The van der Waals surface area contributed by atoms with E-state index >= 15 is 0 Å². The average Bonchev–Trinajstić information content (AvgIpc) is 2.74. The van der Waals surface area contributed by atoms with Crippen LogP contribution < -0.4 is 5.32 Å². The SMILES string of the molecule is CCC1(CC(NC(=O)OCc2ccccc2)c2ccccc2)C=CC=CC1. The van der Waals surface area contributed by atoms with Crippen LogP contribution in [0.3, 0.4) is 0 Å². The Morgan fingerprint density at radius 3 is 2.41 bits per heavy atom. The van der Waals surface area contributed by atoms with E-state index in [9.17, 15) is 4.79 Å². The van der Waals surface area contributed by atoms with Gasteiger partial charge >= 0.3 is 6.09 Å². The van der Waals surface area contributed by atoms with Crippen LogP contribution in [-0.2, 0) is 11.3 Å². The highest BCUT2D eigenvalue weighted by Gasteiger charge is 2.30. The summed E-state index contributed by atoms with van der Waals surface area (Å²) in [5, 5.41) is 3.09. The molecule has 0 aliphatic heterocycles. The summed E-state index contributed by atoms with van der Waals surface area (Å²) < 4.78 is 5.45. The van der Waals surface area contributed by atoms with Crippen LogP contribution >= 0.6 is 0 Å². The summed E-state index contributed by atoms with van der Waals surface area (Å²) in [4.78, 5) is 12.5. The average molecular weight is 361 g/mol. The summed E-state index contributed by atoms with van der Waals surface area (Å²) >= 11 is 0. The van der Waals surface area contributed by atoms with Gasteiger partial charge < -0.3 is 10.1 Å². The topological polar surface area (TPSA) is 38.3 Å². The molecule has 3 rings (SSSR count). The van der Waals surface area contributed by atoms with Gasteiger partial charge in [0.05, 0.1) is 6.04 Å². The molecule has 0 aromatic heterocycles. The molecule has 2 atom stereocenters. The van der Waals surface area contributed by atoms with Crippen LogP contribution in [0.15, 0.2) is 85.0 Å². The Labute approximate surface area is 161 Å². The minimum Gasteiger partial charge on any atom is -0.445 e. The summed E-state index contributed by atoms with van der Waals surface area (Å²) in [7, 11) is 0. The highest BCUT2D eigenvalue weighted by atomic mass is 16.5. The molecule has 0 fully saturated rings. The number of amides is 1. The third kappa shape index (κ3) is 5.33. The lowest BCUT2D eigenvalue weighted by molar-refractivity contribution is 0.132. The van der Waals surface area contributed by atoms with E-state index in [2.05, 4.69) is 48.7 Å². The van der Waals surface area contributed by atoms with Gasteiger partial charge in [0.25, 0.3) is 0 Å². The summed E-state index contributed by atoms with van der Waals surface area (Å²) in [5.74, 6) is 0. The maximum absolute atomic E-state index is 12.5. The first kappa shape index (κ1) is 19.0. The summed E-state index contributed by atoms with van der Waals surface area (Å²) in [5.41, 5.74) is 2.14. The van der Waals surface area contributed by atoms with E-state index in [-0.39, 0.29) is 24.2 Å². The first-order chi connectivity index (χ1) is 13.2. The lowest BCUT2D eigenvalue weighted by Gasteiger charge is -2.34. The predicted molar refractivity (Wildman–Crippen MR) is 109 cm³/mol. The maximum atomic E-state index is 12.5. The number of rotatable bonds is 7. The van der Waals surface area contributed by atoms with Gasteiger partial charge in [0.1, 0.15) is 6.61 Å². The van der Waals surface area contributed by atoms with E-state index in [1.54, 1.807) is 0 Å². The van der Waals surface area contributed by atoms with Crippen LogP contribution in [0.2, 0.25) is 0 Å². The molecule has 3 nitrogen and oxygen atoms in total. The summed E-state index contributed by atoms with van der Waals surface area (Å²) in [6.07, 6.45) is 11.2. The second kappa shape index (κ2) is 9.22. The maximum Gasteiger partial charge on any atom is 0.407 e. The number of ether oxygens (including phenoxy) is 1. The molecule has 27 heavy (non-hydrogen) atoms. The molecule has 140 valence electrons. The number of carbonyl (C=O) groups is 1. The zero-order chi connectivity index (χ0) is 19.0. The number of hydrogen-bond donors (Lipinski definition) is 1. The van der Waals surface area contributed by atoms with Crippen molar-refractivity contribution in [3.05, 3.63) is 96.1 Å². The number of alkyl carbamates (subject to hydrolysis) is 1. The molecule has 2 aromatic rings. The minimum absolute atomic E-state index is 0.0575. The predicted octanol–water partition coefficient (Wildman–Crippen LogP) is 5.96. The van der Waals surface area contributed by atoms with Gasteiger partial charge in [-0.15, -0.1) is 0 Å². The van der Waals surface area contributed by atoms with Gasteiger partial charge in [0.15, 0.2) is 0 Å². The number of benzene rings is 2. The molecule has 0 radical (unpaired) electrons. The Morgan fingerprint density at radius 1 is 1.07 bits per heavy atom. The van der Waals surface area contributed by atoms with Gasteiger partial charge in [-0.2, -0.15) is 0 Å². The first-order valence-corrected chi connectivity index (χ1v) is 9.57. The molecule has 3 heteroatoms. The number of allylic oxidation sites excluding steroid dienone is 4. The highest BCUT2D eigenvalue weighted by molar-refractivity contribution is 5.68. The van der Waals surface area contributed by atoms with Gasteiger partial charge in [0, 0.05) is 0 Å². The molecule has 0 saturated heterocycles. The van der Waals surface area contributed by atoms with Crippen molar-refractivity contribution in [3.8, 4) is 0 Å². The van der Waals surface area contributed by atoms with Crippen molar-refractivity contribution in [1.29, 1.82) is 0 Å². The fourth-order valence-corrected chi connectivity index (χ4v) is 3.52. The Kier molecular flexibility index (Phi) is 6.48. The molecule has 0 spiro atoms. The first-order valence-electron chi connectivity index (χ1n) is 9.57. The summed E-state index contributed by atoms with van der Waals surface area (Å²) in [6, 6.07) is 19.8. The monoisotopic (exact) mass is 361 g/mol. The Morgan fingerprint density at radius 2 is 1.78 bits per heavy atom. The second-order valence-corrected chi connectivity index (χ2v) is 7.08. The van der Waals surface area contributed by atoms with Crippen LogP contribution in [-0.4, -0.2) is 6.09 Å². The molecule has 1 amide bonds. The smallest absolute Gasteiger partial charge is 0.407 e. The quantitative estimate of drug-likeness (QED) is 0.661. The van der Waals surface area contributed by atoms with E-state index in [1.165, 1.54) is 0 Å². The van der Waals surface area contributed by atoms with Crippen molar-refractivity contribution >= 4 is 6.09 Å². The van der Waals surface area contributed by atoms with Crippen molar-refractivity contribution in [3.63, 3.8) is 0 Å². The van der Waals surface area contributed by atoms with Gasteiger partial charge in [-0.25, -0.2) is 4.79 Å². The Balaban J connectivity index is 1.69. The molecule has 0 saturated carbocycles. The van der Waals surface area contributed by atoms with Crippen molar-refractivity contribution in [2.24, 2.45) is 5.41 Å². The fraction of sp³-hybridized carbons (Fsp3) is 0.292. The second-order valence-electron chi connectivity index (χ2n) is 7.08. The molecular weight excluding hydrogens is 334 g/mol. The minimum atomic E-state index is -0.380. The van der Waals surface area contributed by atoms with Gasteiger partial charge in [-0.05, 0) is 35.8 Å². The molecule has 0 bridgehead atoms. The molecule has 1 aliphatic rings. The molecule has 2 unspecified atom stereocenters. The fourth-order valence-electron chi connectivity index (χ4n) is 3.52. The molecule has 2 aromatic carbocycles. The van der Waals surface area contributed by atoms with E-state index in [0.717, 1.165) is 30.4 Å². The van der Waals surface area contributed by atoms with Gasteiger partial charge in [-0.1, -0.05) is 91.9 Å². The van der Waals surface area contributed by atoms with Crippen molar-refractivity contribution in [1.82, 2.24) is 5.32 Å². The number of carbonyl (C=O) groups excluding carboxylic acids is 1. The lowest BCUT2D eigenvalue weighted by Crippen LogP contribution is -2.33. The van der Waals surface area contributed by atoms with Gasteiger partial charge in [-0.3, -0.25) is 0 Å². The molecule has 0 heterocycles. The van der Waals surface area contributed by atoms with Gasteiger partial charge in [0.2, 0.25) is 0 Å². The molecule has 1 N–H and O–H groups in total.